The van der Waals surface area contributed by atoms with Gasteiger partial charge in [-0.1, -0.05) is 12.1 Å². The Kier molecular flexibility index (Phi) is 2.84. The Balaban J connectivity index is 2.63. The topological polar surface area (TPSA) is 61.2 Å². The maximum absolute atomic E-state index is 12.1. The van der Waals surface area contributed by atoms with Gasteiger partial charge in [0, 0.05) is 7.05 Å². The van der Waals surface area contributed by atoms with E-state index in [1.165, 1.54) is 0 Å². The second-order valence-corrected chi connectivity index (χ2v) is 6.33. The van der Waals surface area contributed by atoms with Crippen LogP contribution in [0.15, 0.2) is 23.1 Å². The van der Waals surface area contributed by atoms with Crippen molar-refractivity contribution >= 4 is 15.5 Å². The lowest BCUT2D eigenvalue weighted by Crippen LogP contribution is -2.42. The molecule has 1 aliphatic rings. The van der Waals surface area contributed by atoms with Crippen molar-refractivity contribution in [3.63, 3.8) is 0 Å². The van der Waals surface area contributed by atoms with E-state index in [4.69, 9.17) is 5.26 Å². The van der Waals surface area contributed by atoms with Crippen LogP contribution in [0, 0.1) is 18.3 Å². The van der Waals surface area contributed by atoms with Gasteiger partial charge in [0.25, 0.3) is 0 Å². The number of sulfone groups is 1. The SMILES string of the molecule is Cc1cccc2c1N(C)C(CC#N)CS2(=O)=O. The predicted octanol–water partition coefficient (Wildman–Crippen LogP) is 1.50. The number of nitriles is 1. The largest absolute Gasteiger partial charge is 0.368 e. The maximum Gasteiger partial charge on any atom is 0.182 e. The standard InChI is InChI=1S/C12H14N2O2S/c1-9-4-3-5-11-12(9)14(2)10(6-7-13)8-17(11,15)16/h3-5,10H,6,8H2,1-2H3. The third-order valence-corrected chi connectivity index (χ3v) is 5.00. The van der Waals surface area contributed by atoms with Gasteiger partial charge in [-0.05, 0) is 18.6 Å². The summed E-state index contributed by atoms with van der Waals surface area (Å²) in [4.78, 5) is 2.30. The van der Waals surface area contributed by atoms with Crippen LogP contribution in [0.2, 0.25) is 0 Å². The molecule has 0 saturated carbocycles. The molecule has 0 saturated heterocycles. The van der Waals surface area contributed by atoms with Crippen molar-refractivity contribution in [1.82, 2.24) is 0 Å². The molecule has 17 heavy (non-hydrogen) atoms. The number of hydrogen-bond acceptors (Lipinski definition) is 4. The predicted molar refractivity (Wildman–Crippen MR) is 65.7 cm³/mol. The van der Waals surface area contributed by atoms with E-state index in [1.807, 2.05) is 31.0 Å². The van der Waals surface area contributed by atoms with Crippen molar-refractivity contribution in [3.8, 4) is 6.07 Å². The molecule has 4 nitrogen and oxygen atoms in total. The van der Waals surface area contributed by atoms with Crippen molar-refractivity contribution in [2.45, 2.75) is 24.3 Å². The number of rotatable bonds is 1. The van der Waals surface area contributed by atoms with Gasteiger partial charge in [-0.2, -0.15) is 5.26 Å². The Morgan fingerprint density at radius 2 is 2.24 bits per heavy atom. The van der Waals surface area contributed by atoms with Gasteiger partial charge in [-0.15, -0.1) is 0 Å². The molecule has 1 unspecified atom stereocenters. The summed E-state index contributed by atoms with van der Waals surface area (Å²) >= 11 is 0. The first-order valence-corrected chi connectivity index (χ1v) is 7.05. The lowest BCUT2D eigenvalue weighted by molar-refractivity contribution is 0.573. The third-order valence-electron chi connectivity index (χ3n) is 3.17. The molecule has 2 rings (SSSR count). The number of anilines is 1. The molecule has 5 heteroatoms. The summed E-state index contributed by atoms with van der Waals surface area (Å²) in [5.74, 6) is 0.0213. The molecular formula is C12H14N2O2S. The highest BCUT2D eigenvalue weighted by molar-refractivity contribution is 7.91. The van der Waals surface area contributed by atoms with Gasteiger partial charge in [0.1, 0.15) is 0 Å². The van der Waals surface area contributed by atoms with Gasteiger partial charge in [-0.3, -0.25) is 0 Å². The van der Waals surface area contributed by atoms with E-state index >= 15 is 0 Å². The molecule has 1 aromatic rings. The molecular weight excluding hydrogens is 236 g/mol. The summed E-state index contributed by atoms with van der Waals surface area (Å²) in [6.07, 6.45) is 0.226. The first-order valence-electron chi connectivity index (χ1n) is 5.39. The highest BCUT2D eigenvalue weighted by Crippen LogP contribution is 2.35. The lowest BCUT2D eigenvalue weighted by atomic mass is 10.1. The second-order valence-electron chi connectivity index (χ2n) is 4.33. The normalized spacial score (nSPS) is 21.7. The Bertz CT molecular complexity index is 587. The van der Waals surface area contributed by atoms with Crippen LogP contribution in [0.3, 0.4) is 0 Å². The number of para-hydroxylation sites is 1. The first kappa shape index (κ1) is 11.9. The smallest absolute Gasteiger partial charge is 0.182 e. The number of benzene rings is 1. The summed E-state index contributed by atoms with van der Waals surface area (Å²) in [5, 5.41) is 8.75. The molecule has 1 heterocycles. The summed E-state index contributed by atoms with van der Waals surface area (Å²) in [6.45, 7) is 1.89. The van der Waals surface area contributed by atoms with Crippen molar-refractivity contribution in [1.29, 1.82) is 5.26 Å². The fourth-order valence-electron chi connectivity index (χ4n) is 2.27. The fraction of sp³-hybridized carbons (Fsp3) is 0.417. The first-order chi connectivity index (χ1) is 7.97. The molecule has 0 aliphatic carbocycles. The molecule has 90 valence electrons. The van der Waals surface area contributed by atoms with Gasteiger partial charge in [0.15, 0.2) is 9.84 Å². The van der Waals surface area contributed by atoms with E-state index in [2.05, 4.69) is 0 Å². The highest BCUT2D eigenvalue weighted by atomic mass is 32.2. The number of aryl methyl sites for hydroxylation is 1. The maximum atomic E-state index is 12.1. The number of nitrogens with zero attached hydrogens (tertiary/aromatic N) is 2. The van der Waals surface area contributed by atoms with E-state index in [9.17, 15) is 8.42 Å². The van der Waals surface area contributed by atoms with Gasteiger partial charge in [-0.25, -0.2) is 8.42 Å². The zero-order valence-corrected chi connectivity index (χ0v) is 10.7. The Hall–Kier alpha value is -1.54. The molecule has 1 aliphatic heterocycles. The fourth-order valence-corrected chi connectivity index (χ4v) is 4.19. The summed E-state index contributed by atoms with van der Waals surface area (Å²) in [5.41, 5.74) is 1.66. The quantitative estimate of drug-likeness (QED) is 0.758. The zero-order chi connectivity index (χ0) is 12.6. The minimum atomic E-state index is -3.26. The molecule has 1 atom stereocenters. The third kappa shape index (κ3) is 1.89. The van der Waals surface area contributed by atoms with E-state index in [1.54, 1.807) is 12.1 Å². The highest BCUT2D eigenvalue weighted by Gasteiger charge is 2.34. The van der Waals surface area contributed by atoms with Crippen molar-refractivity contribution in [2.24, 2.45) is 0 Å². The lowest BCUT2D eigenvalue weighted by Gasteiger charge is -2.35. The number of hydrogen-bond donors (Lipinski definition) is 0. The number of fused-ring (bicyclic) bond motifs is 1. The van der Waals surface area contributed by atoms with Crippen LogP contribution in [-0.4, -0.2) is 27.3 Å². The molecule has 0 bridgehead atoms. The zero-order valence-electron chi connectivity index (χ0n) is 9.84. The van der Waals surface area contributed by atoms with E-state index in [-0.39, 0.29) is 18.2 Å². The van der Waals surface area contributed by atoms with Crippen molar-refractivity contribution < 1.29 is 8.42 Å². The van der Waals surface area contributed by atoms with E-state index in [0.29, 0.717) is 4.90 Å². The molecule has 0 fully saturated rings. The second kappa shape index (κ2) is 4.04. The van der Waals surface area contributed by atoms with Crippen molar-refractivity contribution in [3.05, 3.63) is 23.8 Å². The van der Waals surface area contributed by atoms with E-state index in [0.717, 1.165) is 11.3 Å². The van der Waals surface area contributed by atoms with Crippen molar-refractivity contribution in [2.75, 3.05) is 17.7 Å². The monoisotopic (exact) mass is 250 g/mol. The van der Waals surface area contributed by atoms with Crippen LogP contribution in [0.1, 0.15) is 12.0 Å². The molecule has 0 spiro atoms. The van der Waals surface area contributed by atoms with Crippen LogP contribution in [-0.2, 0) is 9.84 Å². The van der Waals surface area contributed by atoms with Gasteiger partial charge in [0.2, 0.25) is 0 Å². The van der Waals surface area contributed by atoms with Crippen LogP contribution in [0.25, 0.3) is 0 Å². The molecule has 1 aromatic carbocycles. The Morgan fingerprint density at radius 1 is 1.53 bits per heavy atom. The Morgan fingerprint density at radius 3 is 2.88 bits per heavy atom. The van der Waals surface area contributed by atoms with Crippen LogP contribution >= 0.6 is 0 Å². The average molecular weight is 250 g/mol. The molecule has 0 N–H and O–H groups in total. The molecule has 0 amide bonds. The summed E-state index contributed by atoms with van der Waals surface area (Å²) in [7, 11) is -1.41. The van der Waals surface area contributed by atoms with Gasteiger partial charge < -0.3 is 4.90 Å². The van der Waals surface area contributed by atoms with Crippen LogP contribution in [0.4, 0.5) is 5.69 Å². The summed E-state index contributed by atoms with van der Waals surface area (Å²) in [6, 6.07) is 7.08. The minimum Gasteiger partial charge on any atom is -0.368 e. The van der Waals surface area contributed by atoms with Gasteiger partial charge in [0.05, 0.1) is 34.9 Å². The average Bonchev–Trinajstić information content (AvgIpc) is 2.25. The Labute approximate surface area is 101 Å². The molecule has 0 radical (unpaired) electrons. The van der Waals surface area contributed by atoms with Gasteiger partial charge >= 0.3 is 0 Å². The van der Waals surface area contributed by atoms with Crippen LogP contribution in [0.5, 0.6) is 0 Å². The molecule has 0 aromatic heterocycles. The van der Waals surface area contributed by atoms with E-state index < -0.39 is 9.84 Å². The summed E-state index contributed by atoms with van der Waals surface area (Å²) < 4.78 is 24.2. The minimum absolute atomic E-state index is 0.0213. The van der Waals surface area contributed by atoms with Crippen LogP contribution < -0.4 is 4.90 Å².